The molecule has 1 N–H and O–H groups in total. The van der Waals surface area contributed by atoms with E-state index >= 15 is 0 Å². The average Bonchev–Trinajstić information content (AvgIpc) is 2.59. The van der Waals surface area contributed by atoms with E-state index in [4.69, 9.17) is 21.1 Å². The summed E-state index contributed by atoms with van der Waals surface area (Å²) in [5.41, 5.74) is 1.03. The normalized spacial score (nSPS) is 13.0. The molecule has 0 radical (unpaired) electrons. The molecular formula is C19H22ClNO3. The second-order valence-electron chi connectivity index (χ2n) is 5.46. The topological polar surface area (TPSA) is 47.6 Å². The van der Waals surface area contributed by atoms with Crippen molar-refractivity contribution in [1.82, 2.24) is 5.32 Å². The van der Waals surface area contributed by atoms with Crippen LogP contribution in [0.2, 0.25) is 5.02 Å². The maximum atomic E-state index is 12.4. The fraction of sp³-hybridized carbons (Fsp3) is 0.316. The average molecular weight is 348 g/mol. The van der Waals surface area contributed by atoms with Gasteiger partial charge in [0.1, 0.15) is 11.5 Å². The van der Waals surface area contributed by atoms with Gasteiger partial charge in [-0.25, -0.2) is 0 Å². The van der Waals surface area contributed by atoms with Crippen LogP contribution in [0.5, 0.6) is 11.5 Å². The van der Waals surface area contributed by atoms with Crippen molar-refractivity contribution in [1.29, 1.82) is 0 Å². The molecule has 0 aliphatic heterocycles. The van der Waals surface area contributed by atoms with Crippen LogP contribution in [0.15, 0.2) is 48.5 Å². The molecule has 2 atom stereocenters. The molecule has 0 aliphatic rings. The van der Waals surface area contributed by atoms with Crippen molar-refractivity contribution in [2.45, 2.75) is 32.4 Å². The lowest BCUT2D eigenvalue weighted by atomic mass is 10.0. The summed E-state index contributed by atoms with van der Waals surface area (Å²) >= 11 is 5.93. The highest BCUT2D eigenvalue weighted by molar-refractivity contribution is 6.30. The SMILES string of the molecule is CC[C@H](NC(=O)[C@H](C)Oc1cccc(Cl)c1)c1ccc(OC)cc1. The molecule has 0 aromatic heterocycles. The quantitative estimate of drug-likeness (QED) is 0.808. The molecule has 2 aromatic rings. The second kappa shape index (κ2) is 8.60. The van der Waals surface area contributed by atoms with E-state index in [1.807, 2.05) is 31.2 Å². The van der Waals surface area contributed by atoms with Gasteiger partial charge in [0.2, 0.25) is 0 Å². The van der Waals surface area contributed by atoms with E-state index < -0.39 is 6.10 Å². The van der Waals surface area contributed by atoms with E-state index in [1.165, 1.54) is 0 Å². The van der Waals surface area contributed by atoms with Crippen LogP contribution in [0.3, 0.4) is 0 Å². The third-order valence-electron chi connectivity index (χ3n) is 3.72. The number of halogens is 1. The Balaban J connectivity index is 1.99. The lowest BCUT2D eigenvalue weighted by molar-refractivity contribution is -0.128. The van der Waals surface area contributed by atoms with Crippen LogP contribution < -0.4 is 14.8 Å². The van der Waals surface area contributed by atoms with Gasteiger partial charge < -0.3 is 14.8 Å². The number of amides is 1. The van der Waals surface area contributed by atoms with Crippen molar-refractivity contribution in [2.24, 2.45) is 0 Å². The first-order chi connectivity index (χ1) is 11.5. The standard InChI is InChI=1S/C19H22ClNO3/c1-4-18(14-8-10-16(23-3)11-9-14)21-19(22)13(2)24-17-7-5-6-15(20)12-17/h5-13,18H,4H2,1-3H3,(H,21,22)/t13-,18-/m0/s1. The van der Waals surface area contributed by atoms with Crippen LogP contribution in [0, 0.1) is 0 Å². The van der Waals surface area contributed by atoms with Gasteiger partial charge >= 0.3 is 0 Å². The number of methoxy groups -OCH3 is 1. The highest BCUT2D eigenvalue weighted by Gasteiger charge is 2.19. The summed E-state index contributed by atoms with van der Waals surface area (Å²) in [5, 5.41) is 3.59. The molecule has 0 bridgehead atoms. The molecule has 2 rings (SSSR count). The molecule has 0 fully saturated rings. The van der Waals surface area contributed by atoms with Gasteiger partial charge in [0.25, 0.3) is 5.91 Å². The van der Waals surface area contributed by atoms with Gasteiger partial charge in [-0.3, -0.25) is 4.79 Å². The van der Waals surface area contributed by atoms with Gasteiger partial charge in [-0.2, -0.15) is 0 Å². The molecule has 0 heterocycles. The van der Waals surface area contributed by atoms with Gasteiger partial charge in [-0.05, 0) is 49.2 Å². The highest BCUT2D eigenvalue weighted by Crippen LogP contribution is 2.21. The number of ether oxygens (including phenoxy) is 2. The van der Waals surface area contributed by atoms with Crippen molar-refractivity contribution < 1.29 is 14.3 Å². The van der Waals surface area contributed by atoms with E-state index in [0.717, 1.165) is 17.7 Å². The Morgan fingerprint density at radius 1 is 1.17 bits per heavy atom. The predicted octanol–water partition coefficient (Wildman–Crippen LogP) is 4.38. The molecule has 1 amide bonds. The van der Waals surface area contributed by atoms with Crippen LogP contribution in [-0.4, -0.2) is 19.1 Å². The number of carbonyl (C=O) groups excluding carboxylic acids is 1. The minimum absolute atomic E-state index is 0.0752. The van der Waals surface area contributed by atoms with Gasteiger partial charge in [-0.1, -0.05) is 36.7 Å². The molecule has 0 saturated carbocycles. The minimum atomic E-state index is -0.615. The largest absolute Gasteiger partial charge is 0.497 e. The van der Waals surface area contributed by atoms with E-state index in [-0.39, 0.29) is 11.9 Å². The van der Waals surface area contributed by atoms with Gasteiger partial charge in [0, 0.05) is 5.02 Å². The van der Waals surface area contributed by atoms with Crippen molar-refractivity contribution in [3.05, 3.63) is 59.1 Å². The Bertz CT molecular complexity index is 673. The van der Waals surface area contributed by atoms with Crippen LogP contribution in [0.1, 0.15) is 31.9 Å². The summed E-state index contributed by atoms with van der Waals surface area (Å²) in [4.78, 5) is 12.4. The summed E-state index contributed by atoms with van der Waals surface area (Å²) in [6, 6.07) is 14.6. The number of benzene rings is 2. The molecule has 4 nitrogen and oxygen atoms in total. The van der Waals surface area contributed by atoms with Gasteiger partial charge in [-0.15, -0.1) is 0 Å². The minimum Gasteiger partial charge on any atom is -0.497 e. The lowest BCUT2D eigenvalue weighted by Gasteiger charge is -2.21. The van der Waals surface area contributed by atoms with Crippen molar-refractivity contribution >= 4 is 17.5 Å². The zero-order valence-electron chi connectivity index (χ0n) is 14.1. The predicted molar refractivity (Wildman–Crippen MR) is 95.7 cm³/mol. The summed E-state index contributed by atoms with van der Waals surface area (Å²) in [5.74, 6) is 1.19. The number of nitrogens with one attached hydrogen (secondary N) is 1. The maximum absolute atomic E-state index is 12.4. The zero-order chi connectivity index (χ0) is 17.5. The molecule has 128 valence electrons. The molecule has 0 unspecified atom stereocenters. The van der Waals surface area contributed by atoms with Crippen molar-refractivity contribution in [3.8, 4) is 11.5 Å². The number of hydrogen-bond acceptors (Lipinski definition) is 3. The summed E-state index contributed by atoms with van der Waals surface area (Å²) in [7, 11) is 1.63. The monoisotopic (exact) mass is 347 g/mol. The number of rotatable bonds is 7. The van der Waals surface area contributed by atoms with Crippen LogP contribution in [0.4, 0.5) is 0 Å². The third-order valence-corrected chi connectivity index (χ3v) is 3.96. The van der Waals surface area contributed by atoms with Gasteiger partial charge in [0.05, 0.1) is 13.2 Å². The fourth-order valence-electron chi connectivity index (χ4n) is 2.34. The van der Waals surface area contributed by atoms with Crippen molar-refractivity contribution in [2.75, 3.05) is 7.11 Å². The summed E-state index contributed by atoms with van der Waals surface area (Å²) in [6.45, 7) is 3.74. The Labute approximate surface area is 147 Å². The maximum Gasteiger partial charge on any atom is 0.261 e. The summed E-state index contributed by atoms with van der Waals surface area (Å²) in [6.07, 6.45) is 0.165. The molecule has 24 heavy (non-hydrogen) atoms. The zero-order valence-corrected chi connectivity index (χ0v) is 14.8. The smallest absolute Gasteiger partial charge is 0.261 e. The van der Waals surface area contributed by atoms with Crippen LogP contribution in [0.25, 0.3) is 0 Å². The molecule has 0 aliphatic carbocycles. The van der Waals surface area contributed by atoms with E-state index in [0.29, 0.717) is 10.8 Å². The second-order valence-corrected chi connectivity index (χ2v) is 5.90. The molecule has 2 aromatic carbocycles. The number of carbonyl (C=O) groups is 1. The third kappa shape index (κ3) is 4.90. The molecular weight excluding hydrogens is 326 g/mol. The van der Waals surface area contributed by atoms with Crippen LogP contribution >= 0.6 is 11.6 Å². The van der Waals surface area contributed by atoms with Gasteiger partial charge in [0.15, 0.2) is 6.10 Å². The van der Waals surface area contributed by atoms with E-state index in [1.54, 1.807) is 38.3 Å². The molecule has 5 heteroatoms. The van der Waals surface area contributed by atoms with Crippen molar-refractivity contribution in [3.63, 3.8) is 0 Å². The molecule has 0 saturated heterocycles. The lowest BCUT2D eigenvalue weighted by Crippen LogP contribution is -2.38. The van der Waals surface area contributed by atoms with Crippen LogP contribution in [-0.2, 0) is 4.79 Å². The van der Waals surface area contributed by atoms with E-state index in [2.05, 4.69) is 5.32 Å². The first-order valence-electron chi connectivity index (χ1n) is 7.90. The Morgan fingerprint density at radius 3 is 2.46 bits per heavy atom. The Hall–Kier alpha value is -2.20. The first-order valence-corrected chi connectivity index (χ1v) is 8.27. The Morgan fingerprint density at radius 2 is 1.88 bits per heavy atom. The fourth-order valence-corrected chi connectivity index (χ4v) is 2.52. The van der Waals surface area contributed by atoms with E-state index in [9.17, 15) is 4.79 Å². The summed E-state index contributed by atoms with van der Waals surface area (Å²) < 4.78 is 10.8. The first kappa shape index (κ1) is 18.1. The highest BCUT2D eigenvalue weighted by atomic mass is 35.5. The number of hydrogen-bond donors (Lipinski definition) is 1. The molecule has 0 spiro atoms. The Kier molecular flexibility index (Phi) is 6.50.